The lowest BCUT2D eigenvalue weighted by Crippen LogP contribution is -2.56. The second-order valence-electron chi connectivity index (χ2n) is 9.07. The lowest BCUT2D eigenvalue weighted by molar-refractivity contribution is -0.136. The number of piperazine rings is 1. The van der Waals surface area contributed by atoms with Crippen LogP contribution in [0.5, 0.6) is 0 Å². The number of rotatable bonds is 7. The van der Waals surface area contributed by atoms with Crippen LogP contribution in [0.4, 0.5) is 0 Å². The average Bonchev–Trinajstić information content (AvgIpc) is 3.64. The van der Waals surface area contributed by atoms with Crippen molar-refractivity contribution >= 4 is 17.7 Å². The van der Waals surface area contributed by atoms with Gasteiger partial charge in [0.2, 0.25) is 5.91 Å². The number of imide groups is 1. The molecule has 32 heavy (non-hydrogen) atoms. The lowest BCUT2D eigenvalue weighted by Gasteiger charge is -2.42. The first-order chi connectivity index (χ1) is 15.6. The smallest absolute Gasteiger partial charge is 0.261 e. The van der Waals surface area contributed by atoms with E-state index in [1.54, 1.807) is 24.3 Å². The van der Waals surface area contributed by atoms with E-state index in [2.05, 4.69) is 17.0 Å². The summed E-state index contributed by atoms with van der Waals surface area (Å²) in [4.78, 5) is 44.1. The van der Waals surface area contributed by atoms with Crippen molar-refractivity contribution in [3.05, 3.63) is 71.3 Å². The third-order valence-corrected chi connectivity index (χ3v) is 6.86. The summed E-state index contributed by atoms with van der Waals surface area (Å²) in [5.74, 6) is -0.380. The van der Waals surface area contributed by atoms with E-state index in [0.717, 1.165) is 26.1 Å². The zero-order chi connectivity index (χ0) is 22.1. The Morgan fingerprint density at radius 1 is 0.875 bits per heavy atom. The second kappa shape index (κ2) is 8.87. The van der Waals surface area contributed by atoms with Crippen LogP contribution in [0.2, 0.25) is 0 Å². The van der Waals surface area contributed by atoms with Crippen molar-refractivity contribution in [2.45, 2.75) is 44.2 Å². The van der Waals surface area contributed by atoms with Crippen molar-refractivity contribution in [3.8, 4) is 0 Å². The fourth-order valence-corrected chi connectivity index (χ4v) is 5.01. The van der Waals surface area contributed by atoms with Gasteiger partial charge in [0.05, 0.1) is 11.1 Å². The summed E-state index contributed by atoms with van der Waals surface area (Å²) in [6, 6.07) is 18.1. The van der Waals surface area contributed by atoms with E-state index < -0.39 is 0 Å². The summed E-state index contributed by atoms with van der Waals surface area (Å²) < 4.78 is 0. The minimum atomic E-state index is -0.252. The minimum Gasteiger partial charge on any atom is -0.337 e. The molecule has 0 N–H and O–H groups in total. The van der Waals surface area contributed by atoms with E-state index in [9.17, 15) is 14.4 Å². The first-order valence-corrected chi connectivity index (χ1v) is 11.6. The van der Waals surface area contributed by atoms with Gasteiger partial charge in [-0.05, 0) is 43.4 Å². The van der Waals surface area contributed by atoms with Gasteiger partial charge in [0, 0.05) is 44.7 Å². The van der Waals surface area contributed by atoms with Crippen molar-refractivity contribution in [2.24, 2.45) is 0 Å². The molecule has 2 aromatic carbocycles. The Morgan fingerprint density at radius 3 is 2.19 bits per heavy atom. The Bertz CT molecular complexity index is 983. The van der Waals surface area contributed by atoms with E-state index in [1.807, 2.05) is 23.1 Å². The molecule has 5 rings (SSSR count). The van der Waals surface area contributed by atoms with Gasteiger partial charge < -0.3 is 4.90 Å². The summed E-state index contributed by atoms with van der Waals surface area (Å²) in [6.45, 7) is 2.88. The lowest BCUT2D eigenvalue weighted by atomic mass is 10.0. The molecule has 2 fully saturated rings. The van der Waals surface area contributed by atoms with E-state index in [0.29, 0.717) is 30.0 Å². The maximum Gasteiger partial charge on any atom is 0.261 e. The van der Waals surface area contributed by atoms with Crippen LogP contribution in [-0.4, -0.2) is 70.7 Å². The predicted octanol–water partition coefficient (Wildman–Crippen LogP) is 2.98. The van der Waals surface area contributed by atoms with Crippen LogP contribution in [0.25, 0.3) is 0 Å². The zero-order valence-electron chi connectivity index (χ0n) is 18.3. The molecular formula is C26H29N3O3. The van der Waals surface area contributed by atoms with Gasteiger partial charge in [-0.3, -0.25) is 24.2 Å². The molecule has 2 aliphatic heterocycles. The molecule has 1 atom stereocenters. The number of benzene rings is 2. The molecule has 0 radical (unpaired) electrons. The Morgan fingerprint density at radius 2 is 1.53 bits per heavy atom. The first-order valence-electron chi connectivity index (χ1n) is 11.6. The summed E-state index contributed by atoms with van der Waals surface area (Å²) in [5, 5.41) is 0. The van der Waals surface area contributed by atoms with Gasteiger partial charge in [-0.1, -0.05) is 42.5 Å². The number of hydrogen-bond acceptors (Lipinski definition) is 4. The predicted molar refractivity (Wildman–Crippen MR) is 121 cm³/mol. The Balaban J connectivity index is 1.20. The fourth-order valence-electron chi connectivity index (χ4n) is 5.01. The van der Waals surface area contributed by atoms with Gasteiger partial charge in [0.25, 0.3) is 11.8 Å². The van der Waals surface area contributed by atoms with Crippen LogP contribution in [0, 0.1) is 0 Å². The Hall–Kier alpha value is -2.99. The highest BCUT2D eigenvalue weighted by atomic mass is 16.2. The normalized spacial score (nSPS) is 21.2. The van der Waals surface area contributed by atoms with Gasteiger partial charge in [0.15, 0.2) is 0 Å². The molecule has 1 saturated carbocycles. The summed E-state index contributed by atoms with van der Waals surface area (Å²) in [5.41, 5.74) is 2.17. The number of carbonyl (C=O) groups excluding carboxylic acids is 3. The highest BCUT2D eigenvalue weighted by molar-refractivity contribution is 6.21. The van der Waals surface area contributed by atoms with E-state index >= 15 is 0 Å². The fraction of sp³-hybridized carbons (Fsp3) is 0.423. The first kappa shape index (κ1) is 20.9. The molecule has 3 amide bonds. The number of carbonyl (C=O) groups is 3. The largest absolute Gasteiger partial charge is 0.337 e. The van der Waals surface area contributed by atoms with Crippen LogP contribution in [0.3, 0.4) is 0 Å². The maximum absolute atomic E-state index is 13.2. The number of amides is 3. The zero-order valence-corrected chi connectivity index (χ0v) is 18.3. The number of fused-ring (bicyclic) bond motifs is 1. The summed E-state index contributed by atoms with van der Waals surface area (Å²) >= 11 is 0. The van der Waals surface area contributed by atoms with E-state index in [1.165, 1.54) is 23.3 Å². The topological polar surface area (TPSA) is 60.9 Å². The van der Waals surface area contributed by atoms with Crippen molar-refractivity contribution in [1.82, 2.24) is 14.7 Å². The second-order valence-corrected chi connectivity index (χ2v) is 9.07. The summed E-state index contributed by atoms with van der Waals surface area (Å²) in [6.07, 6.45) is 4.24. The van der Waals surface area contributed by atoms with Crippen molar-refractivity contribution < 1.29 is 14.4 Å². The molecular weight excluding hydrogens is 402 g/mol. The standard InChI is InChI=1S/C26H29N3O3/c30-24(11-6-14-29-25(31)22-9-4-5-10-23(22)26(29)32)28-16-15-27(20-12-13-20)18-21(28)17-19-7-2-1-3-8-19/h1-5,7-10,20-21H,6,11-18H2. The number of hydrogen-bond donors (Lipinski definition) is 0. The number of nitrogens with zero attached hydrogens (tertiary/aromatic N) is 3. The molecule has 0 bridgehead atoms. The third kappa shape index (κ3) is 4.19. The van der Waals surface area contributed by atoms with Crippen molar-refractivity contribution in [3.63, 3.8) is 0 Å². The van der Waals surface area contributed by atoms with E-state index in [4.69, 9.17) is 0 Å². The van der Waals surface area contributed by atoms with Gasteiger partial charge in [-0.25, -0.2) is 0 Å². The van der Waals surface area contributed by atoms with Crippen LogP contribution in [0.15, 0.2) is 54.6 Å². The Labute approximate surface area is 188 Å². The maximum atomic E-state index is 13.2. The molecule has 166 valence electrons. The Kier molecular flexibility index (Phi) is 5.79. The molecule has 1 saturated heterocycles. The SMILES string of the molecule is O=C1c2ccccc2C(=O)N1CCCC(=O)N1CCN(C2CC2)CC1Cc1ccccc1. The molecule has 1 aliphatic carbocycles. The van der Waals surface area contributed by atoms with Gasteiger partial charge in [0.1, 0.15) is 0 Å². The molecule has 0 aromatic heterocycles. The van der Waals surface area contributed by atoms with Gasteiger partial charge >= 0.3 is 0 Å². The van der Waals surface area contributed by atoms with Crippen molar-refractivity contribution in [2.75, 3.05) is 26.2 Å². The molecule has 2 heterocycles. The van der Waals surface area contributed by atoms with Gasteiger partial charge in [-0.2, -0.15) is 0 Å². The highest BCUT2D eigenvalue weighted by Crippen LogP contribution is 2.30. The third-order valence-electron chi connectivity index (χ3n) is 6.86. The summed E-state index contributed by atoms with van der Waals surface area (Å²) in [7, 11) is 0. The van der Waals surface area contributed by atoms with E-state index in [-0.39, 0.29) is 30.3 Å². The quantitative estimate of drug-likeness (QED) is 0.633. The molecule has 1 unspecified atom stereocenters. The van der Waals surface area contributed by atoms with Crippen LogP contribution in [0.1, 0.15) is 52.0 Å². The molecule has 2 aromatic rings. The average molecular weight is 432 g/mol. The van der Waals surface area contributed by atoms with Crippen LogP contribution in [-0.2, 0) is 11.2 Å². The molecule has 6 nitrogen and oxygen atoms in total. The highest BCUT2D eigenvalue weighted by Gasteiger charge is 2.38. The monoisotopic (exact) mass is 431 g/mol. The van der Waals surface area contributed by atoms with Crippen LogP contribution < -0.4 is 0 Å². The molecule has 6 heteroatoms. The van der Waals surface area contributed by atoms with Crippen LogP contribution >= 0.6 is 0 Å². The molecule has 3 aliphatic rings. The van der Waals surface area contributed by atoms with Gasteiger partial charge in [-0.15, -0.1) is 0 Å². The molecule has 0 spiro atoms. The minimum absolute atomic E-state index is 0.123. The van der Waals surface area contributed by atoms with Crippen molar-refractivity contribution in [1.29, 1.82) is 0 Å².